The predicted molar refractivity (Wildman–Crippen MR) is 79.5 cm³/mol. The first kappa shape index (κ1) is 14.8. The van der Waals surface area contributed by atoms with Crippen molar-refractivity contribution in [3.05, 3.63) is 28.2 Å². The van der Waals surface area contributed by atoms with Crippen LogP contribution in [0.15, 0.2) is 22.7 Å². The fraction of sp³-hybridized carbons (Fsp3) is 0.600. The topological polar surface area (TPSA) is 21.3 Å². The average Bonchev–Trinajstić information content (AvgIpc) is 2.39. The van der Waals surface area contributed by atoms with E-state index in [0.29, 0.717) is 6.42 Å². The van der Waals surface area contributed by atoms with Gasteiger partial charge in [0, 0.05) is 18.9 Å². The normalized spacial score (nSPS) is 22.8. The lowest BCUT2D eigenvalue weighted by molar-refractivity contribution is 0.0833. The third-order valence-electron chi connectivity index (χ3n) is 3.91. The van der Waals surface area contributed by atoms with Gasteiger partial charge in [-0.15, -0.1) is 0 Å². The number of hydrogen-bond acceptors (Lipinski definition) is 2. The predicted octanol–water partition coefficient (Wildman–Crippen LogP) is 3.73. The third-order valence-corrected chi connectivity index (χ3v) is 4.53. The van der Waals surface area contributed by atoms with Crippen LogP contribution in [0.1, 0.15) is 25.3 Å². The summed E-state index contributed by atoms with van der Waals surface area (Å²) in [7, 11) is 1.63. The van der Waals surface area contributed by atoms with Crippen LogP contribution in [0.2, 0.25) is 0 Å². The van der Waals surface area contributed by atoms with Crippen molar-refractivity contribution in [1.29, 1.82) is 0 Å². The molecule has 0 aliphatic carbocycles. The third kappa shape index (κ3) is 3.69. The monoisotopic (exact) mass is 329 g/mol. The standard InChI is InChI=1S/C15H21BrFNO/c1-15(17,12-4-3-7-18-10-12)9-11-5-6-14(19-2)13(16)8-11/h5-6,8,12,18H,3-4,7,9-10H2,1-2H3. The van der Waals surface area contributed by atoms with Crippen molar-refractivity contribution >= 4 is 15.9 Å². The Hall–Kier alpha value is -0.610. The molecule has 2 unspecified atom stereocenters. The van der Waals surface area contributed by atoms with E-state index in [1.807, 2.05) is 18.2 Å². The van der Waals surface area contributed by atoms with E-state index in [4.69, 9.17) is 4.74 Å². The molecular formula is C15H21BrFNO. The second kappa shape index (κ2) is 6.23. The molecule has 2 nitrogen and oxygen atoms in total. The number of alkyl halides is 1. The Morgan fingerprint density at radius 3 is 2.89 bits per heavy atom. The summed E-state index contributed by atoms with van der Waals surface area (Å²) in [5, 5.41) is 3.29. The van der Waals surface area contributed by atoms with Crippen LogP contribution in [0, 0.1) is 5.92 Å². The van der Waals surface area contributed by atoms with Gasteiger partial charge in [0.25, 0.3) is 0 Å². The van der Waals surface area contributed by atoms with Crippen LogP contribution in [0.4, 0.5) is 4.39 Å². The minimum Gasteiger partial charge on any atom is -0.496 e. The molecule has 2 rings (SSSR count). The van der Waals surface area contributed by atoms with Crippen LogP contribution in [0.25, 0.3) is 0 Å². The second-order valence-corrected chi connectivity index (χ2v) is 6.32. The van der Waals surface area contributed by atoms with E-state index in [9.17, 15) is 4.39 Å². The Bertz CT molecular complexity index is 430. The Morgan fingerprint density at radius 1 is 1.53 bits per heavy atom. The molecule has 2 atom stereocenters. The summed E-state index contributed by atoms with van der Waals surface area (Å²) in [5.74, 6) is 0.880. The number of methoxy groups -OCH3 is 1. The molecular weight excluding hydrogens is 309 g/mol. The van der Waals surface area contributed by atoms with E-state index in [0.717, 1.165) is 41.7 Å². The average molecular weight is 330 g/mol. The van der Waals surface area contributed by atoms with Crippen LogP contribution < -0.4 is 10.1 Å². The van der Waals surface area contributed by atoms with Crippen LogP contribution >= 0.6 is 15.9 Å². The molecule has 0 saturated carbocycles. The van der Waals surface area contributed by atoms with E-state index in [1.165, 1.54) is 0 Å². The summed E-state index contributed by atoms with van der Waals surface area (Å²) >= 11 is 3.45. The molecule has 0 aromatic heterocycles. The number of hydrogen-bond donors (Lipinski definition) is 1. The van der Waals surface area contributed by atoms with Gasteiger partial charge in [0.15, 0.2) is 0 Å². The van der Waals surface area contributed by atoms with Gasteiger partial charge in [-0.05, 0) is 59.9 Å². The molecule has 106 valence electrons. The SMILES string of the molecule is COc1ccc(CC(C)(F)C2CCCNC2)cc1Br. The number of ether oxygens (including phenoxy) is 1. The van der Waals surface area contributed by atoms with Crippen LogP contribution in [-0.2, 0) is 6.42 Å². The van der Waals surface area contributed by atoms with Gasteiger partial charge < -0.3 is 10.1 Å². The molecule has 1 aromatic carbocycles. The van der Waals surface area contributed by atoms with E-state index < -0.39 is 5.67 Å². The summed E-state index contributed by atoms with van der Waals surface area (Å²) in [6.45, 7) is 3.52. The minimum atomic E-state index is -1.17. The zero-order valence-electron chi connectivity index (χ0n) is 11.5. The highest BCUT2D eigenvalue weighted by atomic mass is 79.9. The molecule has 1 aliphatic rings. The Labute approximate surface area is 122 Å². The Balaban J connectivity index is 2.08. The second-order valence-electron chi connectivity index (χ2n) is 5.47. The van der Waals surface area contributed by atoms with Crippen molar-refractivity contribution in [2.45, 2.75) is 31.9 Å². The van der Waals surface area contributed by atoms with Gasteiger partial charge in [-0.1, -0.05) is 6.07 Å². The lowest BCUT2D eigenvalue weighted by Crippen LogP contribution is -2.42. The highest BCUT2D eigenvalue weighted by Gasteiger charge is 2.35. The first-order chi connectivity index (χ1) is 9.03. The zero-order valence-corrected chi connectivity index (χ0v) is 13.1. The maximum atomic E-state index is 14.9. The molecule has 0 amide bonds. The number of rotatable bonds is 4. The molecule has 4 heteroatoms. The quantitative estimate of drug-likeness (QED) is 0.908. The zero-order chi connectivity index (χ0) is 13.9. The fourth-order valence-electron chi connectivity index (χ4n) is 2.73. The van der Waals surface area contributed by atoms with Crippen LogP contribution in [0.3, 0.4) is 0 Å². The number of halogens is 2. The molecule has 1 heterocycles. The number of benzene rings is 1. The van der Waals surface area contributed by atoms with E-state index >= 15 is 0 Å². The van der Waals surface area contributed by atoms with Crippen molar-refractivity contribution in [2.24, 2.45) is 5.92 Å². The van der Waals surface area contributed by atoms with Crippen molar-refractivity contribution in [2.75, 3.05) is 20.2 Å². The van der Waals surface area contributed by atoms with Gasteiger partial charge in [0.1, 0.15) is 11.4 Å². The van der Waals surface area contributed by atoms with Gasteiger partial charge in [-0.3, -0.25) is 0 Å². The molecule has 19 heavy (non-hydrogen) atoms. The molecule has 1 N–H and O–H groups in total. The molecule has 0 radical (unpaired) electrons. The fourth-order valence-corrected chi connectivity index (χ4v) is 3.32. The highest BCUT2D eigenvalue weighted by molar-refractivity contribution is 9.10. The van der Waals surface area contributed by atoms with Gasteiger partial charge in [0.2, 0.25) is 0 Å². The molecule has 1 aliphatic heterocycles. The first-order valence-corrected chi connectivity index (χ1v) is 7.54. The highest BCUT2D eigenvalue weighted by Crippen LogP contribution is 2.33. The van der Waals surface area contributed by atoms with Crippen molar-refractivity contribution < 1.29 is 9.13 Å². The molecule has 1 fully saturated rings. The van der Waals surface area contributed by atoms with E-state index in [1.54, 1.807) is 14.0 Å². The summed E-state index contributed by atoms with van der Waals surface area (Å²) < 4.78 is 21.0. The Kier molecular flexibility index (Phi) is 4.85. The Morgan fingerprint density at radius 2 is 2.32 bits per heavy atom. The maximum Gasteiger partial charge on any atom is 0.133 e. The number of nitrogens with one attached hydrogen (secondary N) is 1. The van der Waals surface area contributed by atoms with Gasteiger partial charge in [0.05, 0.1) is 11.6 Å². The van der Waals surface area contributed by atoms with Crippen LogP contribution in [0.5, 0.6) is 5.75 Å². The van der Waals surface area contributed by atoms with Crippen molar-refractivity contribution in [3.8, 4) is 5.75 Å². The molecule has 0 spiro atoms. The summed E-state index contributed by atoms with van der Waals surface area (Å²) in [4.78, 5) is 0. The van der Waals surface area contributed by atoms with Crippen molar-refractivity contribution in [3.63, 3.8) is 0 Å². The lowest BCUT2D eigenvalue weighted by atomic mass is 9.81. The minimum absolute atomic E-state index is 0.0992. The molecule has 1 aromatic rings. The van der Waals surface area contributed by atoms with Gasteiger partial charge >= 0.3 is 0 Å². The van der Waals surface area contributed by atoms with Gasteiger partial charge in [-0.2, -0.15) is 0 Å². The molecule has 1 saturated heterocycles. The van der Waals surface area contributed by atoms with Gasteiger partial charge in [-0.25, -0.2) is 4.39 Å². The molecule has 0 bridgehead atoms. The lowest BCUT2D eigenvalue weighted by Gasteiger charge is -2.34. The first-order valence-electron chi connectivity index (χ1n) is 6.75. The summed E-state index contributed by atoms with van der Waals surface area (Å²) in [6, 6.07) is 5.78. The van der Waals surface area contributed by atoms with E-state index in [-0.39, 0.29) is 5.92 Å². The number of piperidine rings is 1. The summed E-state index contributed by atoms with van der Waals surface area (Å²) in [5.41, 5.74) is -0.162. The summed E-state index contributed by atoms with van der Waals surface area (Å²) in [6.07, 6.45) is 2.48. The maximum absolute atomic E-state index is 14.9. The largest absolute Gasteiger partial charge is 0.496 e. The van der Waals surface area contributed by atoms with Crippen molar-refractivity contribution in [1.82, 2.24) is 5.32 Å². The van der Waals surface area contributed by atoms with Crippen LogP contribution in [-0.4, -0.2) is 25.9 Å². The smallest absolute Gasteiger partial charge is 0.133 e. The van der Waals surface area contributed by atoms with E-state index in [2.05, 4.69) is 21.2 Å².